The highest BCUT2D eigenvalue weighted by Crippen LogP contribution is 2.40. The maximum Gasteiger partial charge on any atom is 0.0380 e. The lowest BCUT2D eigenvalue weighted by Gasteiger charge is -2.22. The molecule has 0 spiro atoms. The van der Waals surface area contributed by atoms with E-state index in [-0.39, 0.29) is 5.41 Å². The van der Waals surface area contributed by atoms with Crippen LogP contribution in [-0.2, 0) is 5.41 Å². The predicted octanol–water partition coefficient (Wildman–Crippen LogP) is 35.2. The van der Waals surface area contributed by atoms with E-state index in [2.05, 4.69) is 452 Å². The summed E-state index contributed by atoms with van der Waals surface area (Å²) in [6, 6.07) is 115. The second kappa shape index (κ2) is 38.6. The van der Waals surface area contributed by atoms with Crippen LogP contribution in [0.3, 0.4) is 0 Å². The fourth-order valence-corrected chi connectivity index (χ4v) is 19.7. The number of benzene rings is 15. The van der Waals surface area contributed by atoms with Crippen molar-refractivity contribution in [2.24, 2.45) is 0 Å². The van der Waals surface area contributed by atoms with Crippen LogP contribution in [0.1, 0.15) is 107 Å². The Hall–Kier alpha value is -11.1. The zero-order valence-electron chi connectivity index (χ0n) is 69.6. The number of fused-ring (bicyclic) bond motifs is 8. The molecule has 0 N–H and O–H groups in total. The van der Waals surface area contributed by atoms with Crippen molar-refractivity contribution in [2.75, 3.05) is 0 Å². The number of hydrogen-bond donors (Lipinski definition) is 0. The normalized spacial score (nSPS) is 11.0. The van der Waals surface area contributed by atoms with Crippen LogP contribution in [0.15, 0.2) is 348 Å². The minimum absolute atomic E-state index is 0.214. The van der Waals surface area contributed by atoms with Crippen LogP contribution in [0, 0.1) is 69.2 Å². The van der Waals surface area contributed by atoms with Gasteiger partial charge in [-0.25, -0.2) is 0 Å². The third-order valence-corrected chi connectivity index (χ3v) is 26.5. The Bertz CT molecular complexity index is 6550. The summed E-state index contributed by atoms with van der Waals surface area (Å²) in [5.74, 6) is 0.564. The maximum absolute atomic E-state index is 2.38. The Morgan fingerprint density at radius 3 is 1.20 bits per heavy atom. The van der Waals surface area contributed by atoms with Crippen molar-refractivity contribution >= 4 is 139 Å². The average Bonchev–Trinajstić information content (AvgIpc) is 1.59. The first-order valence-corrected chi connectivity index (χ1v) is 44.5. The molecule has 15 aromatic carbocycles. The molecule has 0 atom stereocenters. The van der Waals surface area contributed by atoms with Crippen molar-refractivity contribution in [3.8, 4) is 44.5 Å². The van der Waals surface area contributed by atoms with Gasteiger partial charge < -0.3 is 0 Å². The van der Waals surface area contributed by atoms with E-state index in [0.717, 1.165) is 0 Å². The molecule has 5 aromatic heterocycles. The summed E-state index contributed by atoms with van der Waals surface area (Å²) in [7, 11) is 0. The van der Waals surface area contributed by atoms with Crippen molar-refractivity contribution in [1.82, 2.24) is 0 Å². The summed E-state index contributed by atoms with van der Waals surface area (Å²) in [6.07, 6.45) is 0. The summed E-state index contributed by atoms with van der Waals surface area (Å²) in [5.41, 5.74) is 27.3. The van der Waals surface area contributed by atoms with Crippen molar-refractivity contribution in [3.05, 3.63) is 415 Å². The molecule has 5 heteroatoms. The second-order valence-electron chi connectivity index (χ2n) is 31.6. The van der Waals surface area contributed by atoms with Crippen molar-refractivity contribution in [3.63, 3.8) is 0 Å². The Morgan fingerprint density at radius 2 is 0.638 bits per heavy atom. The highest BCUT2D eigenvalue weighted by atomic mass is 32.1. The Kier molecular flexibility index (Phi) is 27.5. The number of hydrogen-bond acceptors (Lipinski definition) is 5. The van der Waals surface area contributed by atoms with Gasteiger partial charge in [-0.1, -0.05) is 335 Å². The largest absolute Gasteiger partial charge is 0.144 e. The molecule has 20 rings (SSSR count). The molecule has 0 amide bonds. The van der Waals surface area contributed by atoms with E-state index in [1.165, 1.54) is 194 Å². The van der Waals surface area contributed by atoms with Gasteiger partial charge in [0.05, 0.1) is 0 Å². The molecule has 0 aliphatic rings. The molecule has 0 aliphatic carbocycles. The molecule has 0 fully saturated rings. The lowest BCUT2D eigenvalue weighted by atomic mass is 9.83. The van der Waals surface area contributed by atoms with Crippen LogP contribution in [0.4, 0.5) is 0 Å². The standard InChI is InChI=1S/C18H18S.3C15H12S.C15H18.2C12H12.C9H8S/c1-12(2)16-11-17(14-7-5-4-6-8-14)15-9-10-19-18(15)13(16)3;1-11-9-14(12-5-3-2-4-6-12)10-13-7-8-16-15(11)13;1-11-14(12-5-3-2-4-6-12)8-7-13-9-10-16-15(11)13;1-11-7-8-13(12-5-3-2-4-6-12)14-9-10-16-15(11)14;1-11-9-12-7-5-6-8-13(12)14(10-11)15(2,3)4;1-9-3-5-12-8-10(2)4-6-11(12)7-9;1-9-3-5-11-6-4-10(2)8-12(11)7-9;1-7-3-2-4-8-5-6-10-9(7)8/h4-12H,1-3H3;3*2-10H,1H3;5-10H,1-4H3;2*3-8H,1-2H3;2-6H,1H3. The van der Waals surface area contributed by atoms with E-state index in [9.17, 15) is 0 Å². The van der Waals surface area contributed by atoms with Gasteiger partial charge in [-0.05, 0) is 288 Å². The first kappa shape index (κ1) is 82.8. The lowest BCUT2D eigenvalue weighted by molar-refractivity contribution is 0.595. The van der Waals surface area contributed by atoms with Gasteiger partial charge in [0, 0.05) is 34.3 Å². The maximum atomic E-state index is 2.38. The zero-order valence-corrected chi connectivity index (χ0v) is 73.7. The molecule has 5 heterocycles. The van der Waals surface area contributed by atoms with E-state index in [1.807, 2.05) is 56.7 Å². The van der Waals surface area contributed by atoms with E-state index in [4.69, 9.17) is 0 Å². The highest BCUT2D eigenvalue weighted by molar-refractivity contribution is 7.18. The lowest BCUT2D eigenvalue weighted by Crippen LogP contribution is -2.11. The molecule has 0 bridgehead atoms. The van der Waals surface area contributed by atoms with Crippen LogP contribution in [0.25, 0.3) is 127 Å². The third kappa shape index (κ3) is 20.6. The quantitative estimate of drug-likeness (QED) is 0.161. The van der Waals surface area contributed by atoms with Crippen LogP contribution >= 0.6 is 56.7 Å². The Labute approximate surface area is 708 Å². The summed E-state index contributed by atoms with van der Waals surface area (Å²) in [4.78, 5) is 0. The van der Waals surface area contributed by atoms with Gasteiger partial charge in [-0.15, -0.1) is 56.7 Å². The number of aryl methyl sites for hydroxylation is 10. The van der Waals surface area contributed by atoms with Gasteiger partial charge in [0.2, 0.25) is 0 Å². The minimum atomic E-state index is 0.214. The van der Waals surface area contributed by atoms with E-state index >= 15 is 0 Å². The predicted molar refractivity (Wildman–Crippen MR) is 523 cm³/mol. The van der Waals surface area contributed by atoms with Gasteiger partial charge in [-0.2, -0.15) is 0 Å². The van der Waals surface area contributed by atoms with Crippen LogP contribution in [0.2, 0.25) is 0 Å². The van der Waals surface area contributed by atoms with Gasteiger partial charge in [0.15, 0.2) is 0 Å². The smallest absolute Gasteiger partial charge is 0.0380 e. The highest BCUT2D eigenvalue weighted by Gasteiger charge is 2.18. The van der Waals surface area contributed by atoms with Crippen LogP contribution in [-0.4, -0.2) is 0 Å². The van der Waals surface area contributed by atoms with E-state index in [1.54, 1.807) is 0 Å². The Morgan fingerprint density at radius 1 is 0.224 bits per heavy atom. The molecule has 0 saturated carbocycles. The molecule has 0 nitrogen and oxygen atoms in total. The molecule has 0 radical (unpaired) electrons. The van der Waals surface area contributed by atoms with Crippen molar-refractivity contribution in [2.45, 2.75) is 115 Å². The van der Waals surface area contributed by atoms with E-state index < -0.39 is 0 Å². The topological polar surface area (TPSA) is 0 Å². The summed E-state index contributed by atoms with van der Waals surface area (Å²) in [5, 5.41) is 25.7. The minimum Gasteiger partial charge on any atom is -0.144 e. The van der Waals surface area contributed by atoms with Crippen molar-refractivity contribution < 1.29 is 0 Å². The molecule has 20 aromatic rings. The van der Waals surface area contributed by atoms with E-state index in [0.29, 0.717) is 5.92 Å². The number of thiophene rings is 5. The molecule has 0 aliphatic heterocycles. The molecule has 578 valence electrons. The first-order chi connectivity index (χ1) is 56.1. The van der Waals surface area contributed by atoms with Gasteiger partial charge in [0.25, 0.3) is 0 Å². The Balaban J connectivity index is 0.000000116. The van der Waals surface area contributed by atoms with Crippen molar-refractivity contribution in [1.29, 1.82) is 0 Å². The monoisotopic (exact) mass is 1600 g/mol. The number of rotatable bonds is 5. The van der Waals surface area contributed by atoms with Gasteiger partial charge >= 0.3 is 0 Å². The zero-order chi connectivity index (χ0) is 81.4. The molecular formula is C111H104S5. The molecule has 116 heavy (non-hydrogen) atoms. The molecule has 0 unspecified atom stereocenters. The molecular weight excluding hydrogens is 1490 g/mol. The fraction of sp³-hybridized carbons (Fsp3) is 0.153. The third-order valence-electron chi connectivity index (χ3n) is 21.2. The fourth-order valence-electron chi connectivity index (χ4n) is 15.2. The average molecular weight is 1600 g/mol. The first-order valence-electron chi connectivity index (χ1n) is 40.1. The SMILES string of the molecule is Cc1c(-c2ccccc2)ccc2ccsc12.Cc1c(C(C)C)cc(-c2ccccc2)c2ccsc12.Cc1cc(-c2ccccc2)cc2ccsc12.Cc1cc(C(C)(C)C)c2ccccc2c1.Cc1ccc(-c2ccccc2)c2ccsc12.Cc1ccc2cc(C)ccc2c1.Cc1ccc2ccc(C)cc2c1.Cc1cccc2ccsc12. The van der Waals surface area contributed by atoms with Gasteiger partial charge in [-0.3, -0.25) is 0 Å². The van der Waals surface area contributed by atoms with Crippen LogP contribution in [0.5, 0.6) is 0 Å². The van der Waals surface area contributed by atoms with Gasteiger partial charge in [0.1, 0.15) is 0 Å². The molecule has 0 saturated heterocycles. The van der Waals surface area contributed by atoms with Crippen LogP contribution < -0.4 is 0 Å². The summed E-state index contributed by atoms with van der Waals surface area (Å²) < 4.78 is 7.06. The summed E-state index contributed by atoms with van der Waals surface area (Å²) in [6.45, 7) is 33.0. The summed E-state index contributed by atoms with van der Waals surface area (Å²) >= 11 is 9.13. The second-order valence-corrected chi connectivity index (χ2v) is 36.2.